The van der Waals surface area contributed by atoms with Gasteiger partial charge in [0.2, 0.25) is 11.8 Å². The number of hydrogen-bond acceptors (Lipinski definition) is 5. The zero-order chi connectivity index (χ0) is 18.1. The third-order valence-electron chi connectivity index (χ3n) is 3.16. The summed E-state index contributed by atoms with van der Waals surface area (Å²) < 4.78 is 0. The van der Waals surface area contributed by atoms with Gasteiger partial charge in [0, 0.05) is 18.7 Å². The fraction of sp³-hybridized carbons (Fsp3) is 0.118. The SMILES string of the molecule is O=C(CC(=O)N/N=C/c1ccc([N+](=O)[O-])cc1)NCc1ccccc1. The molecule has 8 nitrogen and oxygen atoms in total. The molecule has 2 amide bonds. The van der Waals surface area contributed by atoms with E-state index in [1.165, 1.54) is 30.5 Å². The van der Waals surface area contributed by atoms with E-state index in [9.17, 15) is 19.7 Å². The van der Waals surface area contributed by atoms with Crippen LogP contribution >= 0.6 is 0 Å². The monoisotopic (exact) mass is 340 g/mol. The Bertz CT molecular complexity index is 773. The minimum Gasteiger partial charge on any atom is -0.352 e. The predicted octanol–water partition coefficient (Wildman–Crippen LogP) is 1.75. The Hall–Kier alpha value is -3.55. The Morgan fingerprint density at radius 3 is 2.36 bits per heavy atom. The van der Waals surface area contributed by atoms with Gasteiger partial charge in [-0.05, 0) is 23.3 Å². The number of benzene rings is 2. The van der Waals surface area contributed by atoms with Gasteiger partial charge >= 0.3 is 0 Å². The van der Waals surface area contributed by atoms with Crippen LogP contribution in [0.25, 0.3) is 0 Å². The lowest BCUT2D eigenvalue weighted by Gasteiger charge is -2.04. The van der Waals surface area contributed by atoms with Crippen molar-refractivity contribution in [3.63, 3.8) is 0 Å². The summed E-state index contributed by atoms with van der Waals surface area (Å²) in [5.74, 6) is -0.962. The summed E-state index contributed by atoms with van der Waals surface area (Å²) in [5.41, 5.74) is 3.72. The van der Waals surface area contributed by atoms with E-state index in [0.29, 0.717) is 12.1 Å². The summed E-state index contributed by atoms with van der Waals surface area (Å²) >= 11 is 0. The molecule has 0 aliphatic carbocycles. The van der Waals surface area contributed by atoms with Crippen LogP contribution in [0.4, 0.5) is 5.69 Å². The van der Waals surface area contributed by atoms with Gasteiger partial charge in [-0.15, -0.1) is 0 Å². The van der Waals surface area contributed by atoms with E-state index in [1.807, 2.05) is 30.3 Å². The van der Waals surface area contributed by atoms with Crippen LogP contribution in [0.1, 0.15) is 17.5 Å². The van der Waals surface area contributed by atoms with Crippen LogP contribution in [-0.2, 0) is 16.1 Å². The van der Waals surface area contributed by atoms with Gasteiger partial charge in [-0.25, -0.2) is 5.43 Å². The van der Waals surface area contributed by atoms with Crippen molar-refractivity contribution in [3.05, 3.63) is 75.8 Å². The van der Waals surface area contributed by atoms with E-state index in [4.69, 9.17) is 0 Å². The third-order valence-corrected chi connectivity index (χ3v) is 3.16. The van der Waals surface area contributed by atoms with Crippen molar-refractivity contribution in [3.8, 4) is 0 Å². The van der Waals surface area contributed by atoms with Gasteiger partial charge in [0.05, 0.1) is 11.1 Å². The first kappa shape index (κ1) is 17.8. The van der Waals surface area contributed by atoms with Crippen molar-refractivity contribution in [2.24, 2.45) is 5.10 Å². The Balaban J connectivity index is 1.74. The lowest BCUT2D eigenvalue weighted by Crippen LogP contribution is -2.29. The molecule has 0 spiro atoms. The average molecular weight is 340 g/mol. The molecule has 2 rings (SSSR count). The maximum absolute atomic E-state index is 11.7. The first-order valence-corrected chi connectivity index (χ1v) is 7.41. The van der Waals surface area contributed by atoms with E-state index < -0.39 is 16.7 Å². The second kappa shape index (κ2) is 8.92. The molecule has 128 valence electrons. The lowest BCUT2D eigenvalue weighted by atomic mass is 10.2. The average Bonchev–Trinajstić information content (AvgIpc) is 2.61. The Morgan fingerprint density at radius 1 is 1.04 bits per heavy atom. The van der Waals surface area contributed by atoms with Gasteiger partial charge in [-0.2, -0.15) is 5.10 Å². The van der Waals surface area contributed by atoms with Crippen LogP contribution in [0, 0.1) is 10.1 Å². The zero-order valence-electron chi connectivity index (χ0n) is 13.2. The van der Waals surface area contributed by atoms with Gasteiger partial charge in [0.1, 0.15) is 6.42 Å². The first-order valence-electron chi connectivity index (χ1n) is 7.41. The molecule has 25 heavy (non-hydrogen) atoms. The van der Waals surface area contributed by atoms with E-state index >= 15 is 0 Å². The highest BCUT2D eigenvalue weighted by molar-refractivity contribution is 5.97. The molecule has 2 aromatic carbocycles. The summed E-state index contributed by atoms with van der Waals surface area (Å²) in [7, 11) is 0. The molecule has 8 heteroatoms. The molecule has 0 aromatic heterocycles. The number of nitro groups is 1. The zero-order valence-corrected chi connectivity index (χ0v) is 13.2. The molecule has 0 bridgehead atoms. The Kier molecular flexibility index (Phi) is 6.35. The maximum Gasteiger partial charge on any atom is 0.269 e. The molecule has 2 N–H and O–H groups in total. The van der Waals surface area contributed by atoms with E-state index in [2.05, 4.69) is 15.8 Å². The minimum atomic E-state index is -0.552. The fourth-order valence-corrected chi connectivity index (χ4v) is 1.91. The van der Waals surface area contributed by atoms with Gasteiger partial charge < -0.3 is 5.32 Å². The minimum absolute atomic E-state index is 0.0312. The smallest absolute Gasteiger partial charge is 0.269 e. The van der Waals surface area contributed by atoms with Crippen LogP contribution in [-0.4, -0.2) is 23.0 Å². The third kappa shape index (κ3) is 6.22. The highest BCUT2D eigenvalue weighted by Crippen LogP contribution is 2.10. The number of hydrogen-bond donors (Lipinski definition) is 2. The fourth-order valence-electron chi connectivity index (χ4n) is 1.91. The topological polar surface area (TPSA) is 114 Å². The first-order chi connectivity index (χ1) is 12.0. The second-order valence-electron chi connectivity index (χ2n) is 5.08. The normalized spacial score (nSPS) is 10.4. The van der Waals surface area contributed by atoms with Crippen molar-refractivity contribution in [2.75, 3.05) is 0 Å². The van der Waals surface area contributed by atoms with Crippen LogP contribution in [0.5, 0.6) is 0 Å². The van der Waals surface area contributed by atoms with Crippen molar-refractivity contribution in [1.82, 2.24) is 10.7 Å². The van der Waals surface area contributed by atoms with Crippen LogP contribution < -0.4 is 10.7 Å². The molecule has 0 atom stereocenters. The van der Waals surface area contributed by atoms with Gasteiger partial charge in [-0.1, -0.05) is 30.3 Å². The summed E-state index contributed by atoms with van der Waals surface area (Å²) in [4.78, 5) is 33.3. The van der Waals surface area contributed by atoms with Crippen molar-refractivity contribution >= 4 is 23.7 Å². The van der Waals surface area contributed by atoms with Crippen LogP contribution in [0.2, 0.25) is 0 Å². The number of hydrazone groups is 1. The molecule has 0 saturated carbocycles. The molecule has 0 radical (unpaired) electrons. The number of non-ortho nitro benzene ring substituents is 1. The molecule has 0 aliphatic heterocycles. The predicted molar refractivity (Wildman–Crippen MR) is 91.7 cm³/mol. The number of nitrogens with one attached hydrogen (secondary N) is 2. The van der Waals surface area contributed by atoms with E-state index in [1.54, 1.807) is 0 Å². The van der Waals surface area contributed by atoms with Crippen molar-refractivity contribution in [1.29, 1.82) is 0 Å². The van der Waals surface area contributed by atoms with Gasteiger partial charge in [-0.3, -0.25) is 19.7 Å². The Labute approximate surface area is 143 Å². The number of carbonyl (C=O) groups excluding carboxylic acids is 2. The van der Waals surface area contributed by atoms with Crippen LogP contribution in [0.15, 0.2) is 59.7 Å². The molecule has 0 saturated heterocycles. The summed E-state index contributed by atoms with van der Waals surface area (Å²) in [5, 5.41) is 16.9. The van der Waals surface area contributed by atoms with Gasteiger partial charge in [0.15, 0.2) is 0 Å². The summed E-state index contributed by atoms with van der Waals surface area (Å²) in [6.07, 6.45) is 0.994. The number of nitrogens with zero attached hydrogens (tertiary/aromatic N) is 2. The van der Waals surface area contributed by atoms with E-state index in [0.717, 1.165) is 5.56 Å². The van der Waals surface area contributed by atoms with Crippen molar-refractivity contribution in [2.45, 2.75) is 13.0 Å². The summed E-state index contributed by atoms with van der Waals surface area (Å²) in [6, 6.07) is 15.0. The van der Waals surface area contributed by atoms with E-state index in [-0.39, 0.29) is 12.1 Å². The molecular formula is C17H16N4O4. The molecule has 0 aliphatic rings. The molecule has 0 fully saturated rings. The van der Waals surface area contributed by atoms with Crippen LogP contribution in [0.3, 0.4) is 0 Å². The summed E-state index contributed by atoms with van der Waals surface area (Å²) in [6.45, 7) is 0.346. The van der Waals surface area contributed by atoms with Crippen molar-refractivity contribution < 1.29 is 14.5 Å². The lowest BCUT2D eigenvalue weighted by molar-refractivity contribution is -0.384. The molecule has 0 heterocycles. The largest absolute Gasteiger partial charge is 0.352 e. The highest BCUT2D eigenvalue weighted by atomic mass is 16.6. The quantitative estimate of drug-likeness (QED) is 0.346. The molecular weight excluding hydrogens is 324 g/mol. The molecule has 0 unspecified atom stereocenters. The maximum atomic E-state index is 11.7. The Morgan fingerprint density at radius 2 is 1.72 bits per heavy atom. The molecule has 2 aromatic rings. The van der Waals surface area contributed by atoms with Gasteiger partial charge in [0.25, 0.3) is 5.69 Å². The number of carbonyl (C=O) groups is 2. The highest BCUT2D eigenvalue weighted by Gasteiger charge is 2.08. The number of nitro benzene ring substituents is 1. The standard InChI is InChI=1S/C17H16N4O4/c22-16(18-11-13-4-2-1-3-5-13)10-17(23)20-19-12-14-6-8-15(9-7-14)21(24)25/h1-9,12H,10-11H2,(H,18,22)(H,20,23)/b19-12+. The second-order valence-corrected chi connectivity index (χ2v) is 5.08. The number of rotatable bonds is 7. The number of amides is 2.